The molecule has 0 radical (unpaired) electrons. The number of nitrogens with one attached hydrogen (secondary N) is 4. The van der Waals surface area contributed by atoms with Crippen LogP contribution in [0.3, 0.4) is 0 Å². The van der Waals surface area contributed by atoms with Crippen molar-refractivity contribution in [2.75, 3.05) is 19.8 Å². The quantitative estimate of drug-likeness (QED) is 0.149. The van der Waals surface area contributed by atoms with Crippen LogP contribution in [-0.4, -0.2) is 51.5 Å². The lowest BCUT2D eigenvalue weighted by Crippen LogP contribution is -2.32. The standard InChI is InChI=1S/C35H32F2N6O2.4ClH/c36-35(37)25-12-18(19-4-8-27-28(14-19)42-33(41-27)31-21-1-5-22(11-21)40-31)2-6-23(25)24-7-3-20(13-26(24)35)30-16-38-32(43-30)29-15-34(17-39-29)44-9-10-45-34;;;;/h2-4,6-8,12-14,16,21-22,29,31,39-40H,1,5,9-11,15,17H2,(H,38,43)(H,41,42);4*1H/t21-,22-,29+,31+;;;;/m1..../s1. The third-order valence-electron chi connectivity index (χ3n) is 10.7. The maximum Gasteiger partial charge on any atom is 0.299 e. The van der Waals surface area contributed by atoms with E-state index in [0.29, 0.717) is 60.5 Å². The van der Waals surface area contributed by atoms with Gasteiger partial charge in [0.2, 0.25) is 0 Å². The second-order valence-corrected chi connectivity index (χ2v) is 13.3. The number of rotatable bonds is 4. The highest BCUT2D eigenvalue weighted by Gasteiger charge is 2.46. The third kappa shape index (κ3) is 5.65. The minimum Gasteiger partial charge on any atom is -0.346 e. The van der Waals surface area contributed by atoms with Gasteiger partial charge in [-0.1, -0.05) is 30.3 Å². The molecule has 10 rings (SSSR count). The van der Waals surface area contributed by atoms with E-state index in [4.69, 9.17) is 14.5 Å². The molecule has 5 aromatic rings. The number of hydrogen-bond donors (Lipinski definition) is 4. The van der Waals surface area contributed by atoms with Crippen LogP contribution in [0.1, 0.15) is 60.5 Å². The molecule has 14 heteroatoms. The fourth-order valence-electron chi connectivity index (χ4n) is 8.39. The van der Waals surface area contributed by atoms with E-state index in [-0.39, 0.29) is 72.8 Å². The van der Waals surface area contributed by atoms with Gasteiger partial charge in [0.25, 0.3) is 5.92 Å². The monoisotopic (exact) mass is 750 g/mol. The Labute approximate surface area is 306 Å². The molecule has 2 aliphatic carbocycles. The van der Waals surface area contributed by atoms with Crippen LogP contribution < -0.4 is 10.6 Å². The SMILES string of the molecule is Cl.Cl.Cl.Cl.FC1(F)c2cc(-c3ccc4nc([C@H]5N[C@@H]6CC[C@@H]5C6)[nH]c4c3)ccc2-c2ccc(-c3cnc([C@@H]4CC5(CN4)OCCO5)[nH]3)cc21. The first-order valence-corrected chi connectivity index (χ1v) is 15.9. The first-order chi connectivity index (χ1) is 21.9. The summed E-state index contributed by atoms with van der Waals surface area (Å²) < 4.78 is 43.9. The highest BCUT2D eigenvalue weighted by Crippen LogP contribution is 2.53. The summed E-state index contributed by atoms with van der Waals surface area (Å²) in [7, 11) is 0. The average Bonchev–Trinajstić information content (AvgIpc) is 3.91. The number of alkyl halides is 2. The topological polar surface area (TPSA) is 99.9 Å². The first-order valence-electron chi connectivity index (χ1n) is 15.9. The summed E-state index contributed by atoms with van der Waals surface area (Å²) in [5, 5.41) is 7.12. The number of benzene rings is 3. The molecule has 0 unspecified atom stereocenters. The van der Waals surface area contributed by atoms with Gasteiger partial charge in [0.15, 0.2) is 5.79 Å². The van der Waals surface area contributed by atoms with Gasteiger partial charge in [-0.2, -0.15) is 8.78 Å². The lowest BCUT2D eigenvalue weighted by molar-refractivity contribution is -0.141. The van der Waals surface area contributed by atoms with Crippen molar-refractivity contribution in [1.82, 2.24) is 30.6 Å². The van der Waals surface area contributed by atoms with Crippen molar-refractivity contribution < 1.29 is 18.3 Å². The summed E-state index contributed by atoms with van der Waals surface area (Å²) in [4.78, 5) is 16.3. The number of piperidine rings is 1. The molecule has 2 aromatic heterocycles. The number of halogens is 6. The van der Waals surface area contributed by atoms with E-state index in [0.717, 1.165) is 33.8 Å². The Morgan fingerprint density at radius 2 is 1.47 bits per heavy atom. The van der Waals surface area contributed by atoms with E-state index in [1.54, 1.807) is 24.4 Å². The van der Waals surface area contributed by atoms with Crippen molar-refractivity contribution in [2.24, 2.45) is 5.92 Å². The molecular formula is C35H36Cl4F2N6O2. The van der Waals surface area contributed by atoms with Crippen LogP contribution >= 0.6 is 49.6 Å². The fourth-order valence-corrected chi connectivity index (χ4v) is 8.39. The Hall–Kier alpha value is -2.80. The number of ether oxygens (including phenoxy) is 2. The predicted molar refractivity (Wildman–Crippen MR) is 194 cm³/mol. The van der Waals surface area contributed by atoms with Crippen LogP contribution in [0.5, 0.6) is 0 Å². The second kappa shape index (κ2) is 13.1. The molecule has 3 aliphatic heterocycles. The number of aromatic amines is 2. The van der Waals surface area contributed by atoms with Gasteiger partial charge in [-0.05, 0) is 71.7 Å². The largest absolute Gasteiger partial charge is 0.346 e. The molecule has 3 aromatic carbocycles. The van der Waals surface area contributed by atoms with E-state index in [1.165, 1.54) is 19.3 Å². The van der Waals surface area contributed by atoms with E-state index < -0.39 is 11.7 Å². The van der Waals surface area contributed by atoms with Crippen molar-refractivity contribution in [2.45, 2.75) is 55.5 Å². The summed E-state index contributed by atoms with van der Waals surface area (Å²) >= 11 is 0. The van der Waals surface area contributed by atoms with Gasteiger partial charge in [-0.3, -0.25) is 0 Å². The molecular weight excluding hydrogens is 716 g/mol. The zero-order chi connectivity index (χ0) is 29.9. The Balaban J connectivity index is 0.00000104. The molecule has 260 valence electrons. The fraction of sp³-hybridized carbons (Fsp3) is 0.371. The Morgan fingerprint density at radius 3 is 2.18 bits per heavy atom. The summed E-state index contributed by atoms with van der Waals surface area (Å²) in [6.45, 7) is 1.77. The van der Waals surface area contributed by atoms with Crippen LogP contribution in [0.15, 0.2) is 60.8 Å². The molecule has 49 heavy (non-hydrogen) atoms. The molecule has 4 atom stereocenters. The lowest BCUT2D eigenvalue weighted by atomic mass is 9.98. The molecule has 8 nitrogen and oxygen atoms in total. The van der Waals surface area contributed by atoms with Crippen molar-refractivity contribution >= 4 is 60.7 Å². The zero-order valence-electron chi connectivity index (χ0n) is 26.1. The Morgan fingerprint density at radius 1 is 0.776 bits per heavy atom. The second-order valence-electron chi connectivity index (χ2n) is 13.3. The number of fused-ring (bicyclic) bond motifs is 6. The predicted octanol–water partition coefficient (Wildman–Crippen LogP) is 8.02. The van der Waals surface area contributed by atoms with E-state index in [1.807, 2.05) is 36.4 Å². The lowest BCUT2D eigenvalue weighted by Gasteiger charge is -2.20. The van der Waals surface area contributed by atoms with Gasteiger partial charge in [-0.15, -0.1) is 49.6 Å². The molecule has 5 aliphatic rings. The minimum absolute atomic E-state index is 0. The maximum absolute atomic E-state index is 16.2. The number of H-pyrrole nitrogens is 2. The molecule has 5 heterocycles. The van der Waals surface area contributed by atoms with Crippen molar-refractivity contribution in [3.05, 3.63) is 83.6 Å². The smallest absolute Gasteiger partial charge is 0.299 e. The maximum atomic E-state index is 16.2. The van der Waals surface area contributed by atoms with Gasteiger partial charge in [-0.25, -0.2) is 9.97 Å². The highest BCUT2D eigenvalue weighted by atomic mass is 35.5. The molecule has 4 fully saturated rings. The Bertz CT molecular complexity index is 2020. The van der Waals surface area contributed by atoms with E-state index >= 15 is 8.78 Å². The van der Waals surface area contributed by atoms with Crippen LogP contribution in [0.25, 0.3) is 44.5 Å². The molecule has 0 amide bonds. The number of nitrogens with zero attached hydrogens (tertiary/aromatic N) is 2. The van der Waals surface area contributed by atoms with Gasteiger partial charge < -0.3 is 30.1 Å². The molecule has 1 spiro atoms. The van der Waals surface area contributed by atoms with Gasteiger partial charge in [0, 0.05) is 29.2 Å². The molecule has 4 N–H and O–H groups in total. The van der Waals surface area contributed by atoms with Crippen LogP contribution in [-0.2, 0) is 15.4 Å². The first kappa shape index (κ1) is 36.0. The summed E-state index contributed by atoms with van der Waals surface area (Å²) in [5.41, 5.74) is 6.02. The summed E-state index contributed by atoms with van der Waals surface area (Å²) in [6, 6.07) is 17.5. The van der Waals surface area contributed by atoms with E-state index in [2.05, 4.69) is 25.6 Å². The van der Waals surface area contributed by atoms with Gasteiger partial charge in [0.05, 0.1) is 54.8 Å². The molecule has 1 saturated carbocycles. The van der Waals surface area contributed by atoms with Crippen LogP contribution in [0.4, 0.5) is 8.78 Å². The van der Waals surface area contributed by atoms with Crippen molar-refractivity contribution in [3.8, 4) is 33.5 Å². The van der Waals surface area contributed by atoms with Gasteiger partial charge >= 0.3 is 0 Å². The zero-order valence-corrected chi connectivity index (χ0v) is 29.4. The number of hydrogen-bond acceptors (Lipinski definition) is 6. The minimum atomic E-state index is -3.13. The number of aromatic nitrogens is 4. The third-order valence-corrected chi connectivity index (χ3v) is 10.7. The summed E-state index contributed by atoms with van der Waals surface area (Å²) in [6.07, 6.45) is 6.06. The highest BCUT2D eigenvalue weighted by molar-refractivity contribution is 5.87. The van der Waals surface area contributed by atoms with Crippen LogP contribution in [0, 0.1) is 5.92 Å². The molecule has 3 saturated heterocycles. The summed E-state index contributed by atoms with van der Waals surface area (Å²) in [5.74, 6) is -1.38. The van der Waals surface area contributed by atoms with Crippen molar-refractivity contribution in [1.29, 1.82) is 0 Å². The van der Waals surface area contributed by atoms with Crippen LogP contribution in [0.2, 0.25) is 0 Å². The van der Waals surface area contributed by atoms with E-state index in [9.17, 15) is 0 Å². The Kier molecular flexibility index (Phi) is 9.60. The molecule has 2 bridgehead atoms. The average molecular weight is 753 g/mol. The normalized spacial score (nSPS) is 24.9. The van der Waals surface area contributed by atoms with Gasteiger partial charge in [0.1, 0.15) is 11.6 Å². The van der Waals surface area contributed by atoms with Crippen molar-refractivity contribution in [3.63, 3.8) is 0 Å². The number of imidazole rings is 2.